The van der Waals surface area contributed by atoms with Gasteiger partial charge in [-0.15, -0.1) is 0 Å². The fourth-order valence-corrected chi connectivity index (χ4v) is 3.80. The minimum atomic E-state index is -0.713. The van der Waals surface area contributed by atoms with Gasteiger partial charge in [-0.25, -0.2) is 4.39 Å². The number of piperidine rings is 1. The molecule has 4 nitrogen and oxygen atoms in total. The highest BCUT2D eigenvalue weighted by atomic mass is 19.1. The summed E-state index contributed by atoms with van der Waals surface area (Å²) in [5.41, 5.74) is 3.19. The largest absolute Gasteiger partial charge is 0.481 e. The van der Waals surface area contributed by atoms with E-state index in [-0.39, 0.29) is 18.5 Å². The van der Waals surface area contributed by atoms with Crippen LogP contribution in [0.4, 0.5) is 4.39 Å². The Morgan fingerprint density at radius 2 is 1.69 bits per heavy atom. The average Bonchev–Trinajstić information content (AvgIpc) is 2.73. The lowest BCUT2D eigenvalue weighted by Gasteiger charge is -2.35. The molecule has 0 saturated carbocycles. The lowest BCUT2D eigenvalue weighted by atomic mass is 10.0. The van der Waals surface area contributed by atoms with Crippen LogP contribution < -0.4 is 0 Å². The topological polar surface area (TPSA) is 49.8 Å². The molecule has 1 fully saturated rings. The Morgan fingerprint density at radius 1 is 1.00 bits per heavy atom. The normalized spacial score (nSPS) is 17.3. The third-order valence-electron chi connectivity index (χ3n) is 5.46. The van der Waals surface area contributed by atoms with Crippen molar-refractivity contribution in [3.63, 3.8) is 0 Å². The summed E-state index contributed by atoms with van der Waals surface area (Å²) in [4.78, 5) is 13.0. The number of aliphatic carboxylic acids is 1. The van der Waals surface area contributed by atoms with E-state index in [1.165, 1.54) is 25.0 Å². The first-order valence-electron chi connectivity index (χ1n) is 10.5. The summed E-state index contributed by atoms with van der Waals surface area (Å²) < 4.78 is 19.3. The third kappa shape index (κ3) is 6.94. The highest BCUT2D eigenvalue weighted by Crippen LogP contribution is 2.23. The van der Waals surface area contributed by atoms with Crippen molar-refractivity contribution in [2.45, 2.75) is 57.8 Å². The zero-order valence-corrected chi connectivity index (χ0v) is 16.9. The van der Waals surface area contributed by atoms with Crippen LogP contribution in [0.1, 0.15) is 50.5 Å². The number of benzene rings is 2. The number of unbranched alkanes of at least 4 members (excludes halogenated alkanes) is 2. The number of rotatable bonds is 10. The van der Waals surface area contributed by atoms with Crippen molar-refractivity contribution in [2.24, 2.45) is 0 Å². The summed E-state index contributed by atoms with van der Waals surface area (Å²) in [7, 11) is 0. The van der Waals surface area contributed by atoms with E-state index in [1.54, 1.807) is 12.1 Å². The maximum absolute atomic E-state index is 13.1. The highest BCUT2D eigenvalue weighted by Gasteiger charge is 2.22. The van der Waals surface area contributed by atoms with Crippen molar-refractivity contribution in [1.82, 2.24) is 4.90 Å². The number of likely N-dealkylation sites (tertiary alicyclic amines) is 1. The van der Waals surface area contributed by atoms with Gasteiger partial charge in [-0.3, -0.25) is 9.69 Å². The van der Waals surface area contributed by atoms with Gasteiger partial charge in [-0.2, -0.15) is 0 Å². The molecule has 2 aromatic carbocycles. The van der Waals surface area contributed by atoms with Crippen LogP contribution >= 0.6 is 0 Å². The van der Waals surface area contributed by atoms with Crippen LogP contribution in [0.5, 0.6) is 0 Å². The van der Waals surface area contributed by atoms with E-state index >= 15 is 0 Å². The van der Waals surface area contributed by atoms with Crippen molar-refractivity contribution in [3.05, 3.63) is 59.9 Å². The summed E-state index contributed by atoms with van der Waals surface area (Å²) in [6, 6.07) is 14.8. The van der Waals surface area contributed by atoms with Crippen LogP contribution in [0.2, 0.25) is 0 Å². The molecule has 156 valence electrons. The zero-order valence-electron chi connectivity index (χ0n) is 16.9. The number of halogens is 1. The minimum absolute atomic E-state index is 0.139. The van der Waals surface area contributed by atoms with Gasteiger partial charge in [0.15, 0.2) is 0 Å². The number of nitrogens with zero attached hydrogens (tertiary/aromatic N) is 1. The van der Waals surface area contributed by atoms with Gasteiger partial charge in [-0.05, 0) is 60.9 Å². The molecule has 1 unspecified atom stereocenters. The molecule has 2 aromatic rings. The first kappa shape index (κ1) is 21.5. The van der Waals surface area contributed by atoms with Crippen molar-refractivity contribution >= 4 is 5.97 Å². The molecule has 1 aliphatic heterocycles. The van der Waals surface area contributed by atoms with Gasteiger partial charge in [0.25, 0.3) is 0 Å². The van der Waals surface area contributed by atoms with Gasteiger partial charge in [0.2, 0.25) is 0 Å². The molecule has 0 spiro atoms. The molecule has 0 bridgehead atoms. The molecule has 3 rings (SSSR count). The predicted octanol–water partition coefficient (Wildman–Crippen LogP) is 5.47. The van der Waals surface area contributed by atoms with Gasteiger partial charge in [0.05, 0.1) is 6.61 Å². The smallest absolute Gasteiger partial charge is 0.303 e. The van der Waals surface area contributed by atoms with E-state index in [9.17, 15) is 9.18 Å². The van der Waals surface area contributed by atoms with E-state index in [4.69, 9.17) is 9.84 Å². The van der Waals surface area contributed by atoms with Gasteiger partial charge < -0.3 is 9.84 Å². The Balaban J connectivity index is 1.47. The molecule has 1 saturated heterocycles. The fourth-order valence-electron chi connectivity index (χ4n) is 3.80. The number of carboxylic acids is 1. The minimum Gasteiger partial charge on any atom is -0.481 e. The molecule has 0 amide bonds. The van der Waals surface area contributed by atoms with E-state index in [0.717, 1.165) is 55.5 Å². The summed E-state index contributed by atoms with van der Waals surface area (Å²) in [5.74, 6) is -0.938. The standard InChI is InChI=1S/C24H30FNO3/c25-22-14-12-21(13-15-22)20-10-8-19(9-11-20)18-29-23-6-3-5-17-26(23)16-4-1-2-7-24(27)28/h8-15,23H,1-7,16-18H2,(H,27,28). The first-order chi connectivity index (χ1) is 14.1. The molecule has 1 heterocycles. The first-order valence-corrected chi connectivity index (χ1v) is 10.5. The molecule has 1 N–H and O–H groups in total. The molecular weight excluding hydrogens is 369 g/mol. The van der Waals surface area contributed by atoms with Gasteiger partial charge in [0, 0.05) is 19.5 Å². The Labute approximate surface area is 172 Å². The van der Waals surface area contributed by atoms with Crippen molar-refractivity contribution in [2.75, 3.05) is 13.1 Å². The summed E-state index contributed by atoms with van der Waals surface area (Å²) >= 11 is 0. The average molecular weight is 400 g/mol. The Bertz CT molecular complexity index is 761. The Hall–Kier alpha value is -2.24. The molecule has 0 radical (unpaired) electrons. The number of hydrogen-bond acceptors (Lipinski definition) is 3. The maximum Gasteiger partial charge on any atom is 0.303 e. The number of ether oxygens (including phenoxy) is 1. The third-order valence-corrected chi connectivity index (χ3v) is 5.46. The van der Waals surface area contributed by atoms with Crippen LogP contribution in [0.3, 0.4) is 0 Å². The number of carboxylic acid groups (broad SMARTS) is 1. The SMILES string of the molecule is O=C(O)CCCCCN1CCCCC1OCc1ccc(-c2ccc(F)cc2)cc1. The van der Waals surface area contributed by atoms with E-state index in [2.05, 4.69) is 17.0 Å². The summed E-state index contributed by atoms with van der Waals surface area (Å²) in [6.45, 7) is 2.59. The van der Waals surface area contributed by atoms with Crippen molar-refractivity contribution < 1.29 is 19.0 Å². The molecule has 0 aromatic heterocycles. The zero-order chi connectivity index (χ0) is 20.5. The molecule has 1 atom stereocenters. The molecule has 29 heavy (non-hydrogen) atoms. The van der Waals surface area contributed by atoms with Gasteiger partial charge >= 0.3 is 5.97 Å². The number of hydrogen-bond donors (Lipinski definition) is 1. The summed E-state index contributed by atoms with van der Waals surface area (Å²) in [6.07, 6.45) is 6.52. The van der Waals surface area contributed by atoms with Crippen LogP contribution in [-0.4, -0.2) is 35.3 Å². The van der Waals surface area contributed by atoms with Crippen molar-refractivity contribution in [3.8, 4) is 11.1 Å². The Kier molecular flexibility index (Phi) is 8.20. The summed E-state index contributed by atoms with van der Waals surface area (Å²) in [5, 5.41) is 8.73. The number of carbonyl (C=O) groups is 1. The van der Waals surface area contributed by atoms with E-state index in [1.807, 2.05) is 12.1 Å². The van der Waals surface area contributed by atoms with Crippen LogP contribution in [0.25, 0.3) is 11.1 Å². The van der Waals surface area contributed by atoms with E-state index < -0.39 is 5.97 Å². The van der Waals surface area contributed by atoms with Gasteiger partial charge in [0.1, 0.15) is 12.0 Å². The second-order valence-electron chi connectivity index (χ2n) is 7.71. The lowest BCUT2D eigenvalue weighted by molar-refractivity contribution is -0.137. The van der Waals surface area contributed by atoms with Crippen molar-refractivity contribution in [1.29, 1.82) is 0 Å². The fraction of sp³-hybridized carbons (Fsp3) is 0.458. The highest BCUT2D eigenvalue weighted by molar-refractivity contribution is 5.66. The lowest BCUT2D eigenvalue weighted by Crippen LogP contribution is -2.41. The molecule has 5 heteroatoms. The van der Waals surface area contributed by atoms with Crippen LogP contribution in [0, 0.1) is 5.82 Å². The molecule has 0 aliphatic carbocycles. The van der Waals surface area contributed by atoms with Crippen LogP contribution in [-0.2, 0) is 16.1 Å². The molecular formula is C24H30FNO3. The van der Waals surface area contributed by atoms with Gasteiger partial charge in [-0.1, -0.05) is 42.8 Å². The maximum atomic E-state index is 13.1. The van der Waals surface area contributed by atoms with E-state index in [0.29, 0.717) is 6.61 Å². The Morgan fingerprint density at radius 3 is 2.38 bits per heavy atom. The predicted molar refractivity (Wildman–Crippen MR) is 112 cm³/mol. The second kappa shape index (κ2) is 11.1. The molecule has 1 aliphatic rings. The second-order valence-corrected chi connectivity index (χ2v) is 7.71. The van der Waals surface area contributed by atoms with Crippen LogP contribution in [0.15, 0.2) is 48.5 Å². The quantitative estimate of drug-likeness (QED) is 0.539. The monoisotopic (exact) mass is 399 g/mol.